The molecule has 1 aromatic heterocycles. The molecule has 1 heterocycles. The molecule has 0 saturated carbocycles. The zero-order valence-corrected chi connectivity index (χ0v) is 11.4. The van der Waals surface area contributed by atoms with Crippen molar-refractivity contribution in [2.75, 3.05) is 0 Å². The number of hydrogen-bond donors (Lipinski definition) is 1. The van der Waals surface area contributed by atoms with Crippen molar-refractivity contribution >= 4 is 0 Å². The van der Waals surface area contributed by atoms with E-state index in [1.807, 2.05) is 33.0 Å². The lowest BCUT2D eigenvalue weighted by molar-refractivity contribution is 0.231. The molecule has 0 saturated heterocycles. The van der Waals surface area contributed by atoms with Gasteiger partial charge in [-0.05, 0) is 38.1 Å². The van der Waals surface area contributed by atoms with Crippen LogP contribution in [-0.4, -0.2) is 15.9 Å². The van der Waals surface area contributed by atoms with E-state index in [0.29, 0.717) is 6.54 Å². The Morgan fingerprint density at radius 2 is 2.11 bits per heavy atom. The molecule has 0 aliphatic rings. The Hall–Kier alpha value is -1.88. The molecule has 0 spiro atoms. The number of hydrogen-bond acceptors (Lipinski definition) is 3. The first-order chi connectivity index (χ1) is 9.01. The normalized spacial score (nSPS) is 11.1. The van der Waals surface area contributed by atoms with Crippen LogP contribution in [0.2, 0.25) is 0 Å². The van der Waals surface area contributed by atoms with E-state index < -0.39 is 0 Å². The monoisotopic (exact) mass is 263 g/mol. The number of nitrogens with zero attached hydrogens (tertiary/aromatic N) is 2. The largest absolute Gasteiger partial charge is 0.488 e. The SMILES string of the molecule is CC(C)Oc1ccc(-c2cc(CN)nn2C)cc1F. The molecule has 0 aliphatic heterocycles. The van der Waals surface area contributed by atoms with Crippen LogP contribution in [0.3, 0.4) is 0 Å². The summed E-state index contributed by atoms with van der Waals surface area (Å²) in [7, 11) is 1.81. The number of nitrogens with two attached hydrogens (primary N) is 1. The molecule has 0 atom stereocenters. The Kier molecular flexibility index (Phi) is 3.85. The minimum atomic E-state index is -0.373. The highest BCUT2D eigenvalue weighted by molar-refractivity contribution is 5.61. The maximum atomic E-state index is 13.9. The van der Waals surface area contributed by atoms with E-state index in [-0.39, 0.29) is 17.7 Å². The van der Waals surface area contributed by atoms with Gasteiger partial charge >= 0.3 is 0 Å². The van der Waals surface area contributed by atoms with Crippen molar-refractivity contribution in [1.82, 2.24) is 9.78 Å². The van der Waals surface area contributed by atoms with E-state index in [1.54, 1.807) is 10.7 Å². The van der Waals surface area contributed by atoms with Gasteiger partial charge in [-0.1, -0.05) is 0 Å². The number of aromatic nitrogens is 2. The number of halogens is 1. The molecule has 4 nitrogen and oxygen atoms in total. The van der Waals surface area contributed by atoms with E-state index in [9.17, 15) is 4.39 Å². The van der Waals surface area contributed by atoms with Crippen LogP contribution in [0.15, 0.2) is 24.3 Å². The number of ether oxygens (including phenoxy) is 1. The van der Waals surface area contributed by atoms with Crippen molar-refractivity contribution in [1.29, 1.82) is 0 Å². The van der Waals surface area contributed by atoms with E-state index in [0.717, 1.165) is 17.0 Å². The molecule has 1 aromatic carbocycles. The summed E-state index contributed by atoms with van der Waals surface area (Å²) < 4.78 is 21.0. The van der Waals surface area contributed by atoms with Gasteiger partial charge in [0.25, 0.3) is 0 Å². The molecule has 2 rings (SSSR count). The molecule has 0 fully saturated rings. The van der Waals surface area contributed by atoms with Gasteiger partial charge in [0.1, 0.15) is 0 Å². The minimum absolute atomic E-state index is 0.0547. The van der Waals surface area contributed by atoms with Gasteiger partial charge < -0.3 is 10.5 Å². The quantitative estimate of drug-likeness (QED) is 0.922. The summed E-state index contributed by atoms with van der Waals surface area (Å²) in [6, 6.07) is 6.77. The zero-order valence-electron chi connectivity index (χ0n) is 11.4. The summed E-state index contributed by atoms with van der Waals surface area (Å²) in [5.41, 5.74) is 7.91. The first-order valence-electron chi connectivity index (χ1n) is 6.21. The summed E-state index contributed by atoms with van der Waals surface area (Å²) >= 11 is 0. The first kappa shape index (κ1) is 13.5. The van der Waals surface area contributed by atoms with Gasteiger partial charge in [-0.25, -0.2) is 4.39 Å². The number of aryl methyl sites for hydroxylation is 1. The highest BCUT2D eigenvalue weighted by Crippen LogP contribution is 2.26. The molecular weight excluding hydrogens is 245 g/mol. The average molecular weight is 263 g/mol. The van der Waals surface area contributed by atoms with Gasteiger partial charge in [0, 0.05) is 19.2 Å². The lowest BCUT2D eigenvalue weighted by atomic mass is 10.1. The molecule has 0 unspecified atom stereocenters. The second-order valence-corrected chi connectivity index (χ2v) is 4.66. The van der Waals surface area contributed by atoms with Crippen molar-refractivity contribution in [3.8, 4) is 17.0 Å². The zero-order chi connectivity index (χ0) is 14.0. The fraction of sp³-hybridized carbons (Fsp3) is 0.357. The third-order valence-corrected chi connectivity index (χ3v) is 2.73. The molecule has 5 heteroatoms. The lowest BCUT2D eigenvalue weighted by Crippen LogP contribution is -2.07. The Morgan fingerprint density at radius 1 is 1.37 bits per heavy atom. The fourth-order valence-corrected chi connectivity index (χ4v) is 1.91. The van der Waals surface area contributed by atoms with Crippen LogP contribution in [0.1, 0.15) is 19.5 Å². The molecule has 2 N–H and O–H groups in total. The van der Waals surface area contributed by atoms with Gasteiger partial charge in [0.05, 0.1) is 17.5 Å². The minimum Gasteiger partial charge on any atom is -0.488 e. The Balaban J connectivity index is 2.35. The summed E-state index contributed by atoms with van der Waals surface area (Å²) in [6.07, 6.45) is -0.0547. The topological polar surface area (TPSA) is 53.1 Å². The Bertz CT molecular complexity index is 578. The maximum absolute atomic E-state index is 13.9. The highest BCUT2D eigenvalue weighted by Gasteiger charge is 2.11. The predicted molar refractivity (Wildman–Crippen MR) is 72.3 cm³/mol. The van der Waals surface area contributed by atoms with Crippen LogP contribution in [0.4, 0.5) is 4.39 Å². The van der Waals surface area contributed by atoms with Crippen LogP contribution >= 0.6 is 0 Å². The first-order valence-corrected chi connectivity index (χ1v) is 6.21. The van der Waals surface area contributed by atoms with E-state index in [2.05, 4.69) is 5.10 Å². The van der Waals surface area contributed by atoms with Crippen LogP contribution in [0, 0.1) is 5.82 Å². The molecular formula is C14H18FN3O. The summed E-state index contributed by atoms with van der Waals surface area (Å²) in [4.78, 5) is 0. The Labute approximate surface area is 112 Å². The molecule has 0 bridgehead atoms. The van der Waals surface area contributed by atoms with E-state index in [1.165, 1.54) is 6.07 Å². The molecule has 102 valence electrons. The van der Waals surface area contributed by atoms with Crippen molar-refractivity contribution in [2.24, 2.45) is 12.8 Å². The van der Waals surface area contributed by atoms with Crippen molar-refractivity contribution < 1.29 is 9.13 Å². The van der Waals surface area contributed by atoms with E-state index >= 15 is 0 Å². The number of rotatable bonds is 4. The van der Waals surface area contributed by atoms with Crippen molar-refractivity contribution in [3.05, 3.63) is 35.8 Å². The van der Waals surface area contributed by atoms with Crippen LogP contribution in [0.5, 0.6) is 5.75 Å². The van der Waals surface area contributed by atoms with Crippen LogP contribution in [0.25, 0.3) is 11.3 Å². The molecule has 19 heavy (non-hydrogen) atoms. The van der Waals surface area contributed by atoms with Gasteiger partial charge in [0.15, 0.2) is 11.6 Å². The second-order valence-electron chi connectivity index (χ2n) is 4.66. The molecule has 0 aliphatic carbocycles. The second kappa shape index (κ2) is 5.40. The standard InChI is InChI=1S/C14H18FN3O/c1-9(2)19-14-5-4-10(6-12(14)15)13-7-11(8-16)17-18(13)3/h4-7,9H,8,16H2,1-3H3. The van der Waals surface area contributed by atoms with Gasteiger partial charge in [-0.2, -0.15) is 5.10 Å². The summed E-state index contributed by atoms with van der Waals surface area (Å²) in [5, 5.41) is 4.24. The summed E-state index contributed by atoms with van der Waals surface area (Å²) in [6.45, 7) is 4.09. The van der Waals surface area contributed by atoms with Crippen LogP contribution in [-0.2, 0) is 13.6 Å². The summed E-state index contributed by atoms with van der Waals surface area (Å²) in [5.74, 6) is -0.110. The third-order valence-electron chi connectivity index (χ3n) is 2.73. The van der Waals surface area contributed by atoms with E-state index in [4.69, 9.17) is 10.5 Å². The maximum Gasteiger partial charge on any atom is 0.165 e. The van der Waals surface area contributed by atoms with Crippen molar-refractivity contribution in [2.45, 2.75) is 26.5 Å². The number of benzene rings is 1. The Morgan fingerprint density at radius 3 is 2.63 bits per heavy atom. The molecule has 0 radical (unpaired) electrons. The van der Waals surface area contributed by atoms with Crippen molar-refractivity contribution in [3.63, 3.8) is 0 Å². The highest BCUT2D eigenvalue weighted by atomic mass is 19.1. The predicted octanol–water partition coefficient (Wildman–Crippen LogP) is 2.47. The van der Waals surface area contributed by atoms with Gasteiger partial charge in [-0.15, -0.1) is 0 Å². The fourth-order valence-electron chi connectivity index (χ4n) is 1.91. The molecule has 2 aromatic rings. The third kappa shape index (κ3) is 2.93. The van der Waals surface area contributed by atoms with Crippen LogP contribution < -0.4 is 10.5 Å². The average Bonchev–Trinajstić information content (AvgIpc) is 2.73. The van der Waals surface area contributed by atoms with Gasteiger partial charge in [0.2, 0.25) is 0 Å². The van der Waals surface area contributed by atoms with Gasteiger partial charge in [-0.3, -0.25) is 4.68 Å². The lowest BCUT2D eigenvalue weighted by Gasteiger charge is -2.11. The smallest absolute Gasteiger partial charge is 0.165 e. The molecule has 0 amide bonds.